The zero-order valence-electron chi connectivity index (χ0n) is 10.2. The molecule has 0 amide bonds. The highest BCUT2D eigenvalue weighted by molar-refractivity contribution is 7.93. The summed E-state index contributed by atoms with van der Waals surface area (Å²) < 4.78 is 30.4. The number of carbonyl (C=O) groups is 1. The van der Waals surface area contributed by atoms with Crippen LogP contribution >= 0.6 is 11.5 Å². The van der Waals surface area contributed by atoms with Gasteiger partial charge in [-0.15, -0.1) is 0 Å². The minimum atomic E-state index is -4.07. The second kappa shape index (κ2) is 5.06. The van der Waals surface area contributed by atoms with E-state index in [4.69, 9.17) is 10.8 Å². The third kappa shape index (κ3) is 2.86. The predicted octanol–water partition coefficient (Wildman–Crippen LogP) is 0.928. The number of carboxylic acids is 1. The normalized spacial score (nSPS) is 11.2. The van der Waals surface area contributed by atoms with Gasteiger partial charge in [-0.2, -0.15) is 4.37 Å². The number of aromatic carboxylic acids is 1. The number of nitrogen functional groups attached to an aromatic ring is 1. The van der Waals surface area contributed by atoms with Gasteiger partial charge in [0.05, 0.1) is 5.56 Å². The fourth-order valence-electron chi connectivity index (χ4n) is 1.46. The van der Waals surface area contributed by atoms with Gasteiger partial charge in [0.25, 0.3) is 10.0 Å². The number of nitrogens with one attached hydrogen (secondary N) is 1. The lowest BCUT2D eigenvalue weighted by Crippen LogP contribution is -2.17. The minimum Gasteiger partial charge on any atom is -0.478 e. The summed E-state index contributed by atoms with van der Waals surface area (Å²) in [6.07, 6.45) is 0. The van der Waals surface area contributed by atoms with Gasteiger partial charge in [0.2, 0.25) is 5.13 Å². The quantitative estimate of drug-likeness (QED) is 0.714. The molecule has 1 aromatic heterocycles. The van der Waals surface area contributed by atoms with E-state index in [1.165, 1.54) is 6.07 Å². The Morgan fingerprint density at radius 3 is 2.70 bits per heavy atom. The molecular weight excluding hydrogens is 304 g/mol. The Bertz CT molecular complexity index is 769. The van der Waals surface area contributed by atoms with E-state index in [9.17, 15) is 13.2 Å². The molecular formula is C10H10N4O4S2. The van der Waals surface area contributed by atoms with Crippen molar-refractivity contribution in [2.75, 3.05) is 10.5 Å². The van der Waals surface area contributed by atoms with E-state index in [-0.39, 0.29) is 15.7 Å². The first kappa shape index (κ1) is 14.2. The SMILES string of the molecule is Cc1nsc(NS(=O)(=O)c2ccc(N)cc2C(=O)O)n1. The number of nitrogens with zero attached hydrogens (tertiary/aromatic N) is 2. The summed E-state index contributed by atoms with van der Waals surface area (Å²) in [7, 11) is -4.07. The van der Waals surface area contributed by atoms with Crippen LogP contribution in [0.5, 0.6) is 0 Å². The van der Waals surface area contributed by atoms with Crippen molar-refractivity contribution >= 4 is 38.3 Å². The van der Waals surface area contributed by atoms with Gasteiger partial charge in [0.1, 0.15) is 10.7 Å². The Labute approximate surface area is 118 Å². The fourth-order valence-corrected chi connectivity index (χ4v) is 3.44. The van der Waals surface area contributed by atoms with E-state index in [0.717, 1.165) is 23.7 Å². The van der Waals surface area contributed by atoms with Crippen LogP contribution in [-0.4, -0.2) is 28.9 Å². The third-order valence-electron chi connectivity index (χ3n) is 2.27. The number of rotatable bonds is 4. The molecule has 0 fully saturated rings. The van der Waals surface area contributed by atoms with Gasteiger partial charge in [-0.1, -0.05) is 0 Å². The lowest BCUT2D eigenvalue weighted by molar-refractivity contribution is 0.0692. The molecule has 106 valence electrons. The van der Waals surface area contributed by atoms with Crippen LogP contribution in [0.3, 0.4) is 0 Å². The van der Waals surface area contributed by atoms with Crippen molar-refractivity contribution in [1.29, 1.82) is 0 Å². The van der Waals surface area contributed by atoms with E-state index < -0.39 is 21.6 Å². The predicted molar refractivity (Wildman–Crippen MR) is 73.3 cm³/mol. The third-order valence-corrected chi connectivity index (χ3v) is 4.52. The largest absolute Gasteiger partial charge is 0.478 e. The standard InChI is InChI=1S/C10H10N4O4S2/c1-5-12-10(19-13-5)14-20(17,18)8-3-2-6(11)4-7(8)9(15)16/h2-4H,11H2,1H3,(H,15,16)(H,12,13,14). The Morgan fingerprint density at radius 2 is 2.15 bits per heavy atom. The Balaban J connectivity index is 2.46. The van der Waals surface area contributed by atoms with Gasteiger partial charge in [-0.05, 0) is 25.1 Å². The van der Waals surface area contributed by atoms with Gasteiger partial charge in [-0.25, -0.2) is 18.2 Å². The molecule has 0 radical (unpaired) electrons. The van der Waals surface area contributed by atoms with Crippen molar-refractivity contribution in [2.24, 2.45) is 0 Å². The second-order valence-electron chi connectivity index (χ2n) is 3.81. The summed E-state index contributed by atoms with van der Waals surface area (Å²) in [5.74, 6) is -0.963. The van der Waals surface area contributed by atoms with Gasteiger partial charge in [-0.3, -0.25) is 4.72 Å². The van der Waals surface area contributed by atoms with E-state index in [1.54, 1.807) is 6.92 Å². The number of carboxylic acid groups (broad SMARTS) is 1. The topological polar surface area (TPSA) is 135 Å². The molecule has 0 spiro atoms. The molecule has 0 bridgehead atoms. The zero-order chi connectivity index (χ0) is 14.9. The molecule has 1 heterocycles. The highest BCUT2D eigenvalue weighted by Crippen LogP contribution is 2.22. The molecule has 0 aliphatic heterocycles. The maximum atomic E-state index is 12.2. The summed E-state index contributed by atoms with van der Waals surface area (Å²) in [6, 6.07) is 3.53. The van der Waals surface area contributed by atoms with Gasteiger partial charge in [0.15, 0.2) is 0 Å². The highest BCUT2D eigenvalue weighted by Gasteiger charge is 2.23. The van der Waals surface area contributed by atoms with E-state index in [1.807, 2.05) is 0 Å². The fraction of sp³-hybridized carbons (Fsp3) is 0.100. The first-order valence-corrected chi connectivity index (χ1v) is 7.51. The Hall–Kier alpha value is -2.20. The van der Waals surface area contributed by atoms with Crippen molar-refractivity contribution in [3.05, 3.63) is 29.6 Å². The van der Waals surface area contributed by atoms with Crippen molar-refractivity contribution in [3.63, 3.8) is 0 Å². The molecule has 0 unspecified atom stereocenters. The monoisotopic (exact) mass is 314 g/mol. The number of aryl methyl sites for hydroxylation is 1. The number of aromatic nitrogens is 2. The van der Waals surface area contributed by atoms with Crippen LogP contribution in [0.15, 0.2) is 23.1 Å². The minimum absolute atomic E-state index is 0.0654. The van der Waals surface area contributed by atoms with Crippen LogP contribution < -0.4 is 10.5 Å². The van der Waals surface area contributed by atoms with Crippen molar-refractivity contribution in [1.82, 2.24) is 9.36 Å². The molecule has 4 N–H and O–H groups in total. The number of hydrogen-bond acceptors (Lipinski definition) is 7. The molecule has 0 saturated carbocycles. The molecule has 10 heteroatoms. The van der Waals surface area contributed by atoms with E-state index >= 15 is 0 Å². The zero-order valence-corrected chi connectivity index (χ0v) is 11.8. The molecule has 0 aliphatic carbocycles. The van der Waals surface area contributed by atoms with Gasteiger partial charge in [0, 0.05) is 17.2 Å². The molecule has 0 atom stereocenters. The maximum Gasteiger partial charge on any atom is 0.337 e. The lowest BCUT2D eigenvalue weighted by atomic mass is 10.2. The number of anilines is 2. The van der Waals surface area contributed by atoms with Crippen molar-refractivity contribution in [2.45, 2.75) is 11.8 Å². The molecule has 0 aliphatic rings. The first-order chi connectivity index (χ1) is 9.29. The Kier molecular flexibility index (Phi) is 3.59. The van der Waals surface area contributed by atoms with E-state index in [0.29, 0.717) is 5.82 Å². The molecule has 2 aromatic rings. The van der Waals surface area contributed by atoms with Crippen LogP contribution in [-0.2, 0) is 10.0 Å². The summed E-state index contributed by atoms with van der Waals surface area (Å²) in [5, 5.41) is 9.12. The number of sulfonamides is 1. The van der Waals surface area contributed by atoms with Crippen LogP contribution in [0.1, 0.15) is 16.2 Å². The average molecular weight is 314 g/mol. The number of benzene rings is 1. The summed E-state index contributed by atoms with van der Waals surface area (Å²) in [5.41, 5.74) is 5.22. The maximum absolute atomic E-state index is 12.2. The highest BCUT2D eigenvalue weighted by atomic mass is 32.2. The summed E-state index contributed by atoms with van der Waals surface area (Å²) in [6.45, 7) is 1.61. The smallest absolute Gasteiger partial charge is 0.337 e. The molecule has 2 rings (SSSR count). The van der Waals surface area contributed by atoms with Crippen molar-refractivity contribution < 1.29 is 18.3 Å². The summed E-state index contributed by atoms with van der Waals surface area (Å²) in [4.78, 5) is 14.6. The van der Waals surface area contributed by atoms with E-state index in [2.05, 4.69) is 14.1 Å². The lowest BCUT2D eigenvalue weighted by Gasteiger charge is -2.08. The number of nitrogens with two attached hydrogens (primary N) is 1. The summed E-state index contributed by atoms with van der Waals surface area (Å²) >= 11 is 0.865. The molecule has 8 nitrogen and oxygen atoms in total. The molecule has 20 heavy (non-hydrogen) atoms. The van der Waals surface area contributed by atoms with Crippen LogP contribution in [0.25, 0.3) is 0 Å². The second-order valence-corrected chi connectivity index (χ2v) is 6.22. The Morgan fingerprint density at radius 1 is 1.45 bits per heavy atom. The van der Waals surface area contributed by atoms with Crippen LogP contribution in [0.4, 0.5) is 10.8 Å². The van der Waals surface area contributed by atoms with Gasteiger partial charge >= 0.3 is 5.97 Å². The van der Waals surface area contributed by atoms with Crippen LogP contribution in [0, 0.1) is 6.92 Å². The van der Waals surface area contributed by atoms with Crippen molar-refractivity contribution in [3.8, 4) is 0 Å². The van der Waals surface area contributed by atoms with Crippen LogP contribution in [0.2, 0.25) is 0 Å². The number of hydrogen-bond donors (Lipinski definition) is 3. The molecule has 1 aromatic carbocycles. The first-order valence-electron chi connectivity index (χ1n) is 5.25. The average Bonchev–Trinajstić information content (AvgIpc) is 2.73. The molecule has 0 saturated heterocycles. The van der Waals surface area contributed by atoms with Gasteiger partial charge < -0.3 is 10.8 Å².